The molecule has 9 heteroatoms. The fraction of sp³-hybridized carbons (Fsp3) is 0.571. The van der Waals surface area contributed by atoms with E-state index in [0.717, 1.165) is 12.8 Å². The van der Waals surface area contributed by atoms with Crippen molar-refractivity contribution >= 4 is 78.5 Å². The Morgan fingerprint density at radius 3 is 2.30 bits per heavy atom. The highest BCUT2D eigenvalue weighted by molar-refractivity contribution is 9.12. The number of carbonyl (C=O) groups excluding carboxylic acids is 3. The molecule has 1 heterocycles. The summed E-state index contributed by atoms with van der Waals surface area (Å²) in [5.41, 5.74) is 0.499. The predicted molar refractivity (Wildman–Crippen MR) is 124 cm³/mol. The van der Waals surface area contributed by atoms with Crippen molar-refractivity contribution in [3.8, 4) is 0 Å². The van der Waals surface area contributed by atoms with E-state index in [-0.39, 0.29) is 51.0 Å². The summed E-state index contributed by atoms with van der Waals surface area (Å²) in [6.07, 6.45) is 3.42. The van der Waals surface area contributed by atoms with Gasteiger partial charge in [-0.1, -0.05) is 61.5 Å². The molecule has 1 saturated heterocycles. The number of carbonyl (C=O) groups is 3. The SMILES string of the molecule is O=C(CCCCCN1C(=O)[C@@H]2[C@@H]3C[C@H]([C@H](Br)[C@@H]3Br)[C@@H]2C1=O)Nc1cc(Cl)ccc1Cl. The Labute approximate surface area is 202 Å². The fourth-order valence-corrected chi connectivity index (χ4v) is 7.38. The largest absolute Gasteiger partial charge is 0.325 e. The average molecular weight is 581 g/mol. The lowest BCUT2D eigenvalue weighted by molar-refractivity contribution is -0.140. The minimum atomic E-state index is -0.158. The molecular formula is C21H22Br2Cl2N2O3. The summed E-state index contributed by atoms with van der Waals surface area (Å²) in [6, 6.07) is 4.92. The van der Waals surface area contributed by atoms with E-state index < -0.39 is 0 Å². The number of rotatable bonds is 7. The summed E-state index contributed by atoms with van der Waals surface area (Å²) < 4.78 is 0. The first-order valence-corrected chi connectivity index (χ1v) is 12.8. The number of imide groups is 1. The number of likely N-dealkylation sites (tertiary alicyclic amines) is 1. The number of halogens is 4. The molecule has 2 bridgehead atoms. The molecule has 2 aliphatic carbocycles. The number of unbranched alkanes of at least 4 members (excludes halogenated alkanes) is 2. The van der Waals surface area contributed by atoms with Crippen molar-refractivity contribution in [3.05, 3.63) is 28.2 Å². The molecule has 30 heavy (non-hydrogen) atoms. The number of anilines is 1. The van der Waals surface area contributed by atoms with Crippen molar-refractivity contribution in [2.75, 3.05) is 11.9 Å². The number of hydrogen-bond donors (Lipinski definition) is 1. The second-order valence-electron chi connectivity index (χ2n) is 8.31. The number of hydrogen-bond acceptors (Lipinski definition) is 3. The van der Waals surface area contributed by atoms with Crippen molar-refractivity contribution in [3.63, 3.8) is 0 Å². The van der Waals surface area contributed by atoms with Gasteiger partial charge in [0.1, 0.15) is 0 Å². The van der Waals surface area contributed by atoms with Gasteiger partial charge in [-0.15, -0.1) is 0 Å². The molecule has 3 amide bonds. The van der Waals surface area contributed by atoms with Gasteiger partial charge in [-0.05, 0) is 49.3 Å². The quantitative estimate of drug-likeness (QED) is 0.271. The first-order chi connectivity index (χ1) is 14.3. The number of amides is 3. The van der Waals surface area contributed by atoms with Crippen LogP contribution in [0.4, 0.5) is 5.69 Å². The van der Waals surface area contributed by atoms with Gasteiger partial charge in [0, 0.05) is 27.6 Å². The highest BCUT2D eigenvalue weighted by atomic mass is 79.9. The molecule has 1 aliphatic heterocycles. The zero-order chi connectivity index (χ0) is 21.6. The summed E-state index contributed by atoms with van der Waals surface area (Å²) in [5, 5.41) is 3.71. The molecule has 3 fully saturated rings. The van der Waals surface area contributed by atoms with Crippen molar-refractivity contribution < 1.29 is 14.4 Å². The molecular weight excluding hydrogens is 559 g/mol. The van der Waals surface area contributed by atoms with Crippen LogP contribution in [0.2, 0.25) is 10.0 Å². The lowest BCUT2D eigenvalue weighted by Crippen LogP contribution is -2.37. The van der Waals surface area contributed by atoms with E-state index >= 15 is 0 Å². The number of alkyl halides is 2. The van der Waals surface area contributed by atoms with Gasteiger partial charge in [0.25, 0.3) is 0 Å². The summed E-state index contributed by atoms with van der Waals surface area (Å²) in [4.78, 5) is 39.8. The highest BCUT2D eigenvalue weighted by Gasteiger charge is 2.66. The van der Waals surface area contributed by atoms with Gasteiger partial charge in [0.15, 0.2) is 0 Å². The van der Waals surface area contributed by atoms with Gasteiger partial charge in [-0.2, -0.15) is 0 Å². The van der Waals surface area contributed by atoms with E-state index in [0.29, 0.717) is 41.5 Å². The molecule has 0 unspecified atom stereocenters. The first kappa shape index (κ1) is 22.6. The Morgan fingerprint density at radius 1 is 1.03 bits per heavy atom. The molecule has 6 atom stereocenters. The first-order valence-electron chi connectivity index (χ1n) is 10.2. The van der Waals surface area contributed by atoms with Crippen molar-refractivity contribution in [1.82, 2.24) is 4.90 Å². The average Bonchev–Trinajstić information content (AvgIpc) is 3.30. The van der Waals surface area contributed by atoms with Crippen molar-refractivity contribution in [1.29, 1.82) is 0 Å². The van der Waals surface area contributed by atoms with Crippen LogP contribution in [0.1, 0.15) is 32.1 Å². The topological polar surface area (TPSA) is 66.5 Å². The Bertz CT molecular complexity index is 852. The van der Waals surface area contributed by atoms with Crippen LogP contribution < -0.4 is 5.32 Å². The van der Waals surface area contributed by atoms with Gasteiger partial charge in [-0.3, -0.25) is 19.3 Å². The number of fused-ring (bicyclic) bond motifs is 5. The van der Waals surface area contributed by atoms with Gasteiger partial charge < -0.3 is 5.32 Å². The molecule has 0 spiro atoms. The third-order valence-electron chi connectivity index (χ3n) is 6.57. The Kier molecular flexibility index (Phi) is 6.83. The summed E-state index contributed by atoms with van der Waals surface area (Å²) in [5.74, 6) is 0.0261. The Hall–Kier alpha value is -0.630. The standard InChI is InChI=1S/C21H22Br2Cl2N2O3/c22-18-11-9-12(19(18)23)17-16(11)20(29)27(21(17)30)7-3-1-2-4-15(28)26-14-8-10(24)5-6-13(14)25/h5-6,8,11-12,16-19H,1-4,7,9H2,(H,26,28)/t11-,12-,16-,17+,18-,19+/m0/s1. The summed E-state index contributed by atoms with van der Waals surface area (Å²) in [7, 11) is 0. The minimum absolute atomic E-state index is 0.00492. The minimum Gasteiger partial charge on any atom is -0.325 e. The second-order valence-corrected chi connectivity index (χ2v) is 11.3. The molecule has 1 aromatic rings. The second kappa shape index (κ2) is 9.08. The number of benzene rings is 1. The maximum absolute atomic E-state index is 12.9. The van der Waals surface area contributed by atoms with E-state index in [1.54, 1.807) is 18.2 Å². The molecule has 5 nitrogen and oxygen atoms in total. The van der Waals surface area contributed by atoms with Crippen LogP contribution in [0.25, 0.3) is 0 Å². The zero-order valence-corrected chi connectivity index (χ0v) is 20.8. The van der Waals surface area contributed by atoms with Gasteiger partial charge >= 0.3 is 0 Å². The highest BCUT2D eigenvalue weighted by Crippen LogP contribution is 2.60. The van der Waals surface area contributed by atoms with Gasteiger partial charge in [0.05, 0.1) is 22.5 Å². The van der Waals surface area contributed by atoms with Crippen LogP contribution in [0.5, 0.6) is 0 Å². The molecule has 4 rings (SSSR count). The number of nitrogens with zero attached hydrogens (tertiary/aromatic N) is 1. The maximum atomic E-state index is 12.9. The smallest absolute Gasteiger partial charge is 0.233 e. The third-order valence-corrected chi connectivity index (χ3v) is 10.3. The van der Waals surface area contributed by atoms with E-state index in [1.165, 1.54) is 4.90 Å². The zero-order valence-electron chi connectivity index (χ0n) is 16.1. The third kappa shape index (κ3) is 4.07. The summed E-state index contributed by atoms with van der Waals surface area (Å²) >= 11 is 19.4. The van der Waals surface area contributed by atoms with E-state index in [9.17, 15) is 14.4 Å². The van der Waals surface area contributed by atoms with Crippen molar-refractivity contribution in [2.24, 2.45) is 23.7 Å². The normalized spacial score (nSPS) is 32.1. The number of nitrogens with one attached hydrogen (secondary N) is 1. The predicted octanol–water partition coefficient (Wildman–Crippen LogP) is 5.27. The van der Waals surface area contributed by atoms with Crippen LogP contribution in [-0.4, -0.2) is 38.8 Å². The lowest BCUT2D eigenvalue weighted by atomic mass is 9.81. The Morgan fingerprint density at radius 2 is 1.67 bits per heavy atom. The molecule has 0 radical (unpaired) electrons. The van der Waals surface area contributed by atoms with Crippen LogP contribution in [0.15, 0.2) is 18.2 Å². The fourth-order valence-electron chi connectivity index (χ4n) is 5.17. The van der Waals surface area contributed by atoms with Gasteiger partial charge in [0.2, 0.25) is 17.7 Å². The molecule has 162 valence electrons. The van der Waals surface area contributed by atoms with E-state index in [2.05, 4.69) is 37.2 Å². The monoisotopic (exact) mass is 578 g/mol. The Balaban J connectivity index is 1.22. The lowest BCUT2D eigenvalue weighted by Gasteiger charge is -2.28. The van der Waals surface area contributed by atoms with Crippen LogP contribution in [0.3, 0.4) is 0 Å². The molecule has 1 aromatic carbocycles. The molecule has 0 aromatic heterocycles. The molecule has 1 N–H and O–H groups in total. The maximum Gasteiger partial charge on any atom is 0.233 e. The molecule has 2 saturated carbocycles. The van der Waals surface area contributed by atoms with Crippen molar-refractivity contribution in [2.45, 2.75) is 41.8 Å². The van der Waals surface area contributed by atoms with Gasteiger partial charge in [-0.25, -0.2) is 0 Å². The van der Waals surface area contributed by atoms with Crippen LogP contribution in [-0.2, 0) is 14.4 Å². The van der Waals surface area contributed by atoms with Crippen LogP contribution in [0, 0.1) is 23.7 Å². The van der Waals surface area contributed by atoms with E-state index in [1.807, 2.05) is 0 Å². The van der Waals surface area contributed by atoms with E-state index in [4.69, 9.17) is 23.2 Å². The molecule has 3 aliphatic rings. The summed E-state index contributed by atoms with van der Waals surface area (Å²) in [6.45, 7) is 0.436. The van der Waals surface area contributed by atoms with Crippen LogP contribution >= 0.6 is 55.1 Å².